The standard InChI is InChI=1S/C23H27NO4/c1-2-12-24-20-11-9-17-8-10-18(25)13-19(17)22(20)27-15-21(24)23(26)28-14-16-6-4-3-5-7-16/h3-8,10,13,20-22,25H,2,9,11-12,14-15H2,1H3/t20-,21?,22-/m1/s1. The topological polar surface area (TPSA) is 59.0 Å². The summed E-state index contributed by atoms with van der Waals surface area (Å²) in [6, 6.07) is 15.0. The first-order valence-electron chi connectivity index (χ1n) is 10.1. The van der Waals surface area contributed by atoms with Gasteiger partial charge in [-0.25, -0.2) is 0 Å². The Hall–Kier alpha value is -2.37. The zero-order chi connectivity index (χ0) is 19.5. The average molecular weight is 381 g/mol. The minimum Gasteiger partial charge on any atom is -0.508 e. The molecule has 2 aromatic carbocycles. The van der Waals surface area contributed by atoms with Crippen LogP contribution in [0.1, 0.15) is 42.6 Å². The van der Waals surface area contributed by atoms with Crippen molar-refractivity contribution in [2.24, 2.45) is 0 Å². The van der Waals surface area contributed by atoms with Gasteiger partial charge in [0.15, 0.2) is 0 Å². The number of phenolic OH excluding ortho intramolecular Hbond substituents is 1. The minimum absolute atomic E-state index is 0.111. The van der Waals surface area contributed by atoms with Gasteiger partial charge in [0.2, 0.25) is 0 Å². The molecule has 4 rings (SSSR count). The van der Waals surface area contributed by atoms with Crippen LogP contribution in [0.2, 0.25) is 0 Å². The lowest BCUT2D eigenvalue weighted by molar-refractivity contribution is -0.170. The molecule has 2 aromatic rings. The number of hydrogen-bond acceptors (Lipinski definition) is 5. The number of ether oxygens (including phenoxy) is 2. The van der Waals surface area contributed by atoms with Gasteiger partial charge < -0.3 is 14.6 Å². The quantitative estimate of drug-likeness (QED) is 0.802. The monoisotopic (exact) mass is 381 g/mol. The molecule has 1 unspecified atom stereocenters. The highest BCUT2D eigenvalue weighted by Crippen LogP contribution is 2.40. The summed E-state index contributed by atoms with van der Waals surface area (Å²) >= 11 is 0. The second-order valence-corrected chi connectivity index (χ2v) is 7.59. The van der Waals surface area contributed by atoms with E-state index in [1.807, 2.05) is 42.5 Å². The highest BCUT2D eigenvalue weighted by molar-refractivity contribution is 5.76. The summed E-state index contributed by atoms with van der Waals surface area (Å²) < 4.78 is 11.8. The second kappa shape index (κ2) is 8.33. The van der Waals surface area contributed by atoms with Gasteiger partial charge >= 0.3 is 5.97 Å². The van der Waals surface area contributed by atoms with Gasteiger partial charge in [0.1, 0.15) is 18.4 Å². The Morgan fingerprint density at radius 3 is 2.86 bits per heavy atom. The number of aromatic hydroxyl groups is 1. The van der Waals surface area contributed by atoms with Crippen molar-refractivity contribution in [3.63, 3.8) is 0 Å². The van der Waals surface area contributed by atoms with Gasteiger partial charge in [-0.15, -0.1) is 0 Å². The number of carbonyl (C=O) groups excluding carboxylic acids is 1. The molecular weight excluding hydrogens is 354 g/mol. The van der Waals surface area contributed by atoms with Crippen LogP contribution in [-0.2, 0) is 27.3 Å². The molecule has 2 aliphatic rings. The fraction of sp³-hybridized carbons (Fsp3) is 0.435. The summed E-state index contributed by atoms with van der Waals surface area (Å²) in [6.07, 6.45) is 2.70. The molecule has 0 amide bonds. The Morgan fingerprint density at radius 1 is 1.25 bits per heavy atom. The van der Waals surface area contributed by atoms with Crippen LogP contribution in [0.15, 0.2) is 48.5 Å². The van der Waals surface area contributed by atoms with Crippen molar-refractivity contribution in [1.82, 2.24) is 4.90 Å². The maximum atomic E-state index is 12.8. The third kappa shape index (κ3) is 3.77. The zero-order valence-corrected chi connectivity index (χ0v) is 16.2. The average Bonchev–Trinajstić information content (AvgIpc) is 2.73. The van der Waals surface area contributed by atoms with E-state index in [9.17, 15) is 9.90 Å². The van der Waals surface area contributed by atoms with Gasteiger partial charge in [-0.05, 0) is 54.6 Å². The van der Waals surface area contributed by atoms with E-state index in [0.29, 0.717) is 6.61 Å². The number of benzene rings is 2. The van der Waals surface area contributed by atoms with Crippen molar-refractivity contribution in [3.8, 4) is 5.75 Å². The van der Waals surface area contributed by atoms with Crippen molar-refractivity contribution in [2.45, 2.75) is 51.0 Å². The number of nitrogens with zero attached hydrogens (tertiary/aromatic N) is 1. The number of morpholine rings is 1. The molecule has 148 valence electrons. The molecular formula is C23H27NO4. The highest BCUT2D eigenvalue weighted by atomic mass is 16.5. The van der Waals surface area contributed by atoms with E-state index in [0.717, 1.165) is 36.9 Å². The molecule has 0 spiro atoms. The Balaban J connectivity index is 1.50. The SMILES string of the molecule is CCCN1C(C(=O)OCc2ccccc2)CO[C@@H]2c3cc(O)ccc3CC[C@H]21. The molecule has 1 aliphatic heterocycles. The van der Waals surface area contributed by atoms with E-state index in [2.05, 4.69) is 11.8 Å². The number of aryl methyl sites for hydroxylation is 1. The summed E-state index contributed by atoms with van der Waals surface area (Å²) in [5, 5.41) is 9.92. The van der Waals surface area contributed by atoms with Crippen molar-refractivity contribution in [2.75, 3.05) is 13.2 Å². The molecule has 1 N–H and O–H groups in total. The van der Waals surface area contributed by atoms with Gasteiger partial charge in [-0.3, -0.25) is 9.69 Å². The predicted octanol–water partition coefficient (Wildman–Crippen LogP) is 3.60. The number of phenols is 1. The zero-order valence-electron chi connectivity index (χ0n) is 16.2. The van der Waals surface area contributed by atoms with Crippen molar-refractivity contribution in [1.29, 1.82) is 0 Å². The molecule has 1 fully saturated rings. The lowest BCUT2D eigenvalue weighted by Crippen LogP contribution is -2.58. The molecule has 28 heavy (non-hydrogen) atoms. The first-order valence-corrected chi connectivity index (χ1v) is 10.1. The van der Waals surface area contributed by atoms with Crippen LogP contribution in [0.3, 0.4) is 0 Å². The number of carbonyl (C=O) groups is 1. The van der Waals surface area contributed by atoms with Gasteiger partial charge in [0, 0.05) is 6.04 Å². The molecule has 5 heteroatoms. The van der Waals surface area contributed by atoms with Crippen molar-refractivity contribution < 1.29 is 19.4 Å². The van der Waals surface area contributed by atoms with Gasteiger partial charge in [0.05, 0.1) is 12.7 Å². The van der Waals surface area contributed by atoms with Crippen LogP contribution in [-0.4, -0.2) is 41.2 Å². The van der Waals surface area contributed by atoms with Crippen LogP contribution in [0.25, 0.3) is 0 Å². The number of hydrogen-bond donors (Lipinski definition) is 1. The van der Waals surface area contributed by atoms with E-state index >= 15 is 0 Å². The van der Waals surface area contributed by atoms with E-state index < -0.39 is 0 Å². The lowest BCUT2D eigenvalue weighted by atomic mass is 9.83. The van der Waals surface area contributed by atoms with Crippen LogP contribution in [0.4, 0.5) is 0 Å². The molecule has 0 radical (unpaired) electrons. The van der Waals surface area contributed by atoms with Gasteiger partial charge in [-0.2, -0.15) is 0 Å². The van der Waals surface area contributed by atoms with Crippen LogP contribution in [0, 0.1) is 0 Å². The summed E-state index contributed by atoms with van der Waals surface area (Å²) in [4.78, 5) is 15.1. The first-order chi connectivity index (χ1) is 13.7. The largest absolute Gasteiger partial charge is 0.508 e. The van der Waals surface area contributed by atoms with E-state index in [4.69, 9.17) is 9.47 Å². The van der Waals surface area contributed by atoms with E-state index in [1.54, 1.807) is 6.07 Å². The fourth-order valence-corrected chi connectivity index (χ4v) is 4.41. The van der Waals surface area contributed by atoms with E-state index in [1.165, 1.54) is 5.56 Å². The van der Waals surface area contributed by atoms with Crippen LogP contribution in [0.5, 0.6) is 5.75 Å². The van der Waals surface area contributed by atoms with Crippen LogP contribution < -0.4 is 0 Å². The summed E-state index contributed by atoms with van der Waals surface area (Å²) in [7, 11) is 0. The molecule has 0 aromatic heterocycles. The summed E-state index contributed by atoms with van der Waals surface area (Å²) in [5.74, 6) is 0.0342. The van der Waals surface area contributed by atoms with E-state index in [-0.39, 0.29) is 36.5 Å². The predicted molar refractivity (Wildman–Crippen MR) is 106 cm³/mol. The maximum Gasteiger partial charge on any atom is 0.326 e. The summed E-state index contributed by atoms with van der Waals surface area (Å²) in [6.45, 7) is 3.54. The molecule has 0 bridgehead atoms. The first kappa shape index (κ1) is 19.0. The Bertz CT molecular complexity index is 823. The third-order valence-corrected chi connectivity index (χ3v) is 5.73. The Morgan fingerprint density at radius 2 is 2.07 bits per heavy atom. The molecule has 1 heterocycles. The summed E-state index contributed by atoms with van der Waals surface area (Å²) in [5.41, 5.74) is 3.25. The molecule has 5 nitrogen and oxygen atoms in total. The van der Waals surface area contributed by atoms with Gasteiger partial charge in [-0.1, -0.05) is 43.3 Å². The van der Waals surface area contributed by atoms with Crippen molar-refractivity contribution >= 4 is 5.97 Å². The van der Waals surface area contributed by atoms with Gasteiger partial charge in [0.25, 0.3) is 0 Å². The minimum atomic E-state index is -0.385. The highest BCUT2D eigenvalue weighted by Gasteiger charge is 2.44. The van der Waals surface area contributed by atoms with Crippen molar-refractivity contribution in [3.05, 3.63) is 65.2 Å². The normalized spacial score (nSPS) is 24.2. The molecule has 3 atom stereocenters. The lowest BCUT2D eigenvalue weighted by Gasteiger charge is -2.47. The molecule has 0 saturated carbocycles. The fourth-order valence-electron chi connectivity index (χ4n) is 4.41. The number of fused-ring (bicyclic) bond motifs is 3. The second-order valence-electron chi connectivity index (χ2n) is 7.59. The third-order valence-electron chi connectivity index (χ3n) is 5.73. The molecule has 1 aliphatic carbocycles. The molecule has 1 saturated heterocycles. The maximum absolute atomic E-state index is 12.8. The Labute approximate surface area is 165 Å². The number of esters is 1. The number of rotatable bonds is 5. The van der Waals surface area contributed by atoms with Crippen LogP contribution >= 0.6 is 0 Å². The smallest absolute Gasteiger partial charge is 0.326 e. The Kier molecular flexibility index (Phi) is 5.64.